The topological polar surface area (TPSA) is 86.7 Å². The lowest BCUT2D eigenvalue weighted by Crippen LogP contribution is -2.23. The molecule has 3 aromatic rings. The molecular weight excluding hydrogens is 410 g/mol. The SMILES string of the molecule is CCOC(=O)Cn1c(=NC(=O)c2cc(C)no2)sc2cc(Br)ccc21. The lowest BCUT2D eigenvalue weighted by Gasteiger charge is -2.04. The van der Waals surface area contributed by atoms with Crippen molar-refractivity contribution >= 4 is 49.4 Å². The average Bonchev–Trinajstić information content (AvgIpc) is 3.12. The van der Waals surface area contributed by atoms with E-state index in [9.17, 15) is 9.59 Å². The molecule has 9 heteroatoms. The Labute approximate surface area is 155 Å². The molecule has 0 aliphatic heterocycles. The molecule has 0 saturated heterocycles. The van der Waals surface area contributed by atoms with Gasteiger partial charge < -0.3 is 13.8 Å². The van der Waals surface area contributed by atoms with E-state index in [2.05, 4.69) is 26.1 Å². The van der Waals surface area contributed by atoms with Gasteiger partial charge in [-0.15, -0.1) is 0 Å². The Morgan fingerprint density at radius 1 is 1.40 bits per heavy atom. The lowest BCUT2D eigenvalue weighted by molar-refractivity contribution is -0.143. The minimum atomic E-state index is -0.552. The van der Waals surface area contributed by atoms with Crippen molar-refractivity contribution < 1.29 is 18.8 Å². The van der Waals surface area contributed by atoms with Gasteiger partial charge in [0.25, 0.3) is 0 Å². The number of aryl methyl sites for hydroxylation is 1. The van der Waals surface area contributed by atoms with E-state index in [4.69, 9.17) is 9.26 Å². The van der Waals surface area contributed by atoms with Crippen LogP contribution in [0.25, 0.3) is 10.2 Å². The molecule has 3 rings (SSSR count). The highest BCUT2D eigenvalue weighted by atomic mass is 79.9. The molecule has 0 saturated carbocycles. The van der Waals surface area contributed by atoms with Crippen molar-refractivity contribution in [1.82, 2.24) is 9.72 Å². The van der Waals surface area contributed by atoms with Crippen LogP contribution in [0.2, 0.25) is 0 Å². The second-order valence-corrected chi connectivity index (χ2v) is 7.06. The third-order valence-electron chi connectivity index (χ3n) is 3.27. The Balaban J connectivity index is 2.10. The van der Waals surface area contributed by atoms with Crippen molar-refractivity contribution in [1.29, 1.82) is 0 Å². The molecule has 7 nitrogen and oxygen atoms in total. The van der Waals surface area contributed by atoms with E-state index in [0.717, 1.165) is 14.7 Å². The van der Waals surface area contributed by atoms with Gasteiger partial charge in [-0.25, -0.2) is 0 Å². The lowest BCUT2D eigenvalue weighted by atomic mass is 10.3. The summed E-state index contributed by atoms with van der Waals surface area (Å²) in [7, 11) is 0. The number of thiazole rings is 1. The predicted octanol–water partition coefficient (Wildman–Crippen LogP) is 3.07. The minimum absolute atomic E-state index is 0.0307. The standard InChI is InChI=1S/C16H14BrN3O4S/c1-3-23-14(21)8-20-11-5-4-10(17)7-13(11)25-16(20)18-15(22)12-6-9(2)19-24-12/h4-7H,3,8H2,1-2H3. The molecule has 0 bridgehead atoms. The summed E-state index contributed by atoms with van der Waals surface area (Å²) in [4.78, 5) is 28.7. The predicted molar refractivity (Wildman–Crippen MR) is 95.3 cm³/mol. The normalized spacial score (nSPS) is 11.9. The number of halogens is 1. The molecule has 0 unspecified atom stereocenters. The molecule has 0 N–H and O–H groups in total. The molecule has 2 heterocycles. The van der Waals surface area contributed by atoms with Gasteiger partial charge >= 0.3 is 11.9 Å². The van der Waals surface area contributed by atoms with Crippen molar-refractivity contribution in [2.24, 2.45) is 4.99 Å². The molecule has 1 amide bonds. The molecule has 25 heavy (non-hydrogen) atoms. The molecule has 2 aromatic heterocycles. The zero-order valence-electron chi connectivity index (χ0n) is 13.5. The van der Waals surface area contributed by atoms with Gasteiger partial charge in [0.2, 0.25) is 5.76 Å². The van der Waals surface area contributed by atoms with E-state index in [1.54, 1.807) is 18.4 Å². The van der Waals surface area contributed by atoms with Crippen LogP contribution in [0.4, 0.5) is 0 Å². The highest BCUT2D eigenvalue weighted by molar-refractivity contribution is 9.10. The fourth-order valence-electron chi connectivity index (χ4n) is 2.23. The third kappa shape index (κ3) is 3.88. The highest BCUT2D eigenvalue weighted by Gasteiger charge is 2.15. The molecule has 0 atom stereocenters. The van der Waals surface area contributed by atoms with Gasteiger partial charge in [0, 0.05) is 10.5 Å². The van der Waals surface area contributed by atoms with Gasteiger partial charge in [-0.1, -0.05) is 32.4 Å². The van der Waals surface area contributed by atoms with Crippen LogP contribution < -0.4 is 4.80 Å². The van der Waals surface area contributed by atoms with Gasteiger partial charge in [-0.2, -0.15) is 4.99 Å². The molecule has 0 aliphatic carbocycles. The van der Waals surface area contributed by atoms with Crippen molar-refractivity contribution in [3.63, 3.8) is 0 Å². The Kier molecular flexibility index (Phi) is 5.14. The number of hydrogen-bond donors (Lipinski definition) is 0. The van der Waals surface area contributed by atoms with Crippen LogP contribution >= 0.6 is 27.3 Å². The first kappa shape index (κ1) is 17.6. The van der Waals surface area contributed by atoms with E-state index in [1.807, 2.05) is 18.2 Å². The van der Waals surface area contributed by atoms with E-state index in [0.29, 0.717) is 10.5 Å². The smallest absolute Gasteiger partial charge is 0.326 e. The third-order valence-corrected chi connectivity index (χ3v) is 4.81. The van der Waals surface area contributed by atoms with Crippen LogP contribution in [0.1, 0.15) is 23.2 Å². The zero-order valence-corrected chi connectivity index (χ0v) is 15.9. The number of nitrogens with zero attached hydrogens (tertiary/aromatic N) is 3. The summed E-state index contributed by atoms with van der Waals surface area (Å²) >= 11 is 4.72. The monoisotopic (exact) mass is 423 g/mol. The average molecular weight is 424 g/mol. The maximum absolute atomic E-state index is 12.3. The van der Waals surface area contributed by atoms with Crippen molar-refractivity contribution in [3.8, 4) is 0 Å². The number of benzene rings is 1. The van der Waals surface area contributed by atoms with Gasteiger partial charge in [-0.05, 0) is 32.0 Å². The maximum atomic E-state index is 12.3. The fourth-order valence-corrected chi connectivity index (χ4v) is 3.81. The van der Waals surface area contributed by atoms with E-state index < -0.39 is 11.9 Å². The Hall–Kier alpha value is -2.26. The van der Waals surface area contributed by atoms with Crippen LogP contribution in [0.3, 0.4) is 0 Å². The van der Waals surface area contributed by atoms with Gasteiger partial charge in [-0.3, -0.25) is 9.59 Å². The summed E-state index contributed by atoms with van der Waals surface area (Å²) in [5, 5.41) is 3.69. The molecule has 1 aromatic carbocycles. The molecular formula is C16H14BrN3O4S. The number of amides is 1. The number of rotatable bonds is 4. The largest absolute Gasteiger partial charge is 0.465 e. The van der Waals surface area contributed by atoms with Gasteiger partial charge in [0.15, 0.2) is 4.80 Å². The quantitative estimate of drug-likeness (QED) is 0.601. The van der Waals surface area contributed by atoms with Crippen molar-refractivity contribution in [2.45, 2.75) is 20.4 Å². The first-order valence-corrected chi connectivity index (χ1v) is 9.05. The number of ether oxygens (including phenoxy) is 1. The van der Waals surface area contributed by atoms with E-state index in [1.165, 1.54) is 17.4 Å². The second kappa shape index (κ2) is 7.32. The maximum Gasteiger partial charge on any atom is 0.326 e. The molecule has 130 valence electrons. The first-order chi connectivity index (χ1) is 12.0. The fraction of sp³-hybridized carbons (Fsp3) is 0.250. The summed E-state index contributed by atoms with van der Waals surface area (Å²) in [6.45, 7) is 3.72. The van der Waals surface area contributed by atoms with Gasteiger partial charge in [0.1, 0.15) is 6.54 Å². The zero-order chi connectivity index (χ0) is 18.0. The van der Waals surface area contributed by atoms with Gasteiger partial charge in [0.05, 0.1) is 22.5 Å². The molecule has 0 aliphatic rings. The Morgan fingerprint density at radius 3 is 2.88 bits per heavy atom. The summed E-state index contributed by atoms with van der Waals surface area (Å²) in [5.41, 5.74) is 1.39. The van der Waals surface area contributed by atoms with Crippen LogP contribution in [0.15, 0.2) is 38.3 Å². The summed E-state index contributed by atoms with van der Waals surface area (Å²) in [6, 6.07) is 7.15. The molecule has 0 spiro atoms. The summed E-state index contributed by atoms with van der Waals surface area (Å²) < 4.78 is 13.4. The number of esters is 1. The molecule has 0 fully saturated rings. The Morgan fingerprint density at radius 2 is 2.20 bits per heavy atom. The molecule has 0 radical (unpaired) electrons. The van der Waals surface area contributed by atoms with Crippen LogP contribution in [-0.2, 0) is 16.1 Å². The van der Waals surface area contributed by atoms with Crippen molar-refractivity contribution in [3.05, 3.63) is 45.0 Å². The van der Waals surface area contributed by atoms with E-state index in [-0.39, 0.29) is 18.9 Å². The van der Waals surface area contributed by atoms with Crippen LogP contribution in [-0.4, -0.2) is 28.2 Å². The van der Waals surface area contributed by atoms with Crippen molar-refractivity contribution in [2.75, 3.05) is 6.61 Å². The summed E-state index contributed by atoms with van der Waals surface area (Å²) in [6.07, 6.45) is 0. The number of fused-ring (bicyclic) bond motifs is 1. The highest BCUT2D eigenvalue weighted by Crippen LogP contribution is 2.22. The number of aromatic nitrogens is 2. The van der Waals surface area contributed by atoms with Crippen LogP contribution in [0.5, 0.6) is 0 Å². The Bertz CT molecular complexity index is 1020. The van der Waals surface area contributed by atoms with E-state index >= 15 is 0 Å². The number of carbonyl (C=O) groups excluding carboxylic acids is 2. The summed E-state index contributed by atoms with van der Waals surface area (Å²) in [5.74, 6) is -0.892. The number of hydrogen-bond acceptors (Lipinski definition) is 6. The first-order valence-electron chi connectivity index (χ1n) is 7.45. The van der Waals surface area contributed by atoms with Crippen LogP contribution in [0, 0.1) is 6.92 Å². The minimum Gasteiger partial charge on any atom is -0.465 e. The second-order valence-electron chi connectivity index (χ2n) is 5.14. The number of carbonyl (C=O) groups is 2.